The van der Waals surface area contributed by atoms with Crippen LogP contribution >= 0.6 is 0 Å². The molecule has 1 amide bonds. The molecule has 0 bridgehead atoms. The van der Waals surface area contributed by atoms with Gasteiger partial charge >= 0.3 is 0 Å². The molecular formula is C11H16N4O. The van der Waals surface area contributed by atoms with Crippen LogP contribution in [0.1, 0.15) is 12.0 Å². The van der Waals surface area contributed by atoms with E-state index in [1.807, 2.05) is 30.3 Å². The van der Waals surface area contributed by atoms with Crippen molar-refractivity contribution in [1.82, 2.24) is 16.2 Å². The number of hydrazine groups is 1. The number of nitrogens with two attached hydrogens (primary N) is 1. The van der Waals surface area contributed by atoms with Gasteiger partial charge in [-0.25, -0.2) is 10.9 Å². The zero-order valence-electron chi connectivity index (χ0n) is 8.94. The largest absolute Gasteiger partial charge is 0.351 e. The van der Waals surface area contributed by atoms with Crippen LogP contribution in [0.4, 0.5) is 0 Å². The van der Waals surface area contributed by atoms with E-state index in [0.717, 1.165) is 5.56 Å². The molecule has 5 nitrogen and oxygen atoms in total. The van der Waals surface area contributed by atoms with E-state index in [9.17, 15) is 4.79 Å². The molecule has 1 aromatic rings. The number of carbonyl (C=O) groups excluding carboxylic acids is 1. The van der Waals surface area contributed by atoms with Crippen molar-refractivity contribution in [3.8, 4) is 0 Å². The Bertz CT molecular complexity index is 354. The van der Waals surface area contributed by atoms with E-state index in [1.54, 1.807) is 0 Å². The Labute approximate surface area is 94.4 Å². The molecule has 2 atom stereocenters. The first-order chi connectivity index (χ1) is 7.75. The van der Waals surface area contributed by atoms with Gasteiger partial charge in [0.05, 0.1) is 6.17 Å². The summed E-state index contributed by atoms with van der Waals surface area (Å²) in [5.74, 6) is -0.0238. The summed E-state index contributed by atoms with van der Waals surface area (Å²) in [6, 6.07) is 9.57. The lowest BCUT2D eigenvalue weighted by molar-refractivity contribution is -0.123. The molecular weight excluding hydrogens is 204 g/mol. The molecule has 2 unspecified atom stereocenters. The molecule has 1 saturated heterocycles. The summed E-state index contributed by atoms with van der Waals surface area (Å²) < 4.78 is 0. The monoisotopic (exact) mass is 220 g/mol. The molecule has 0 aliphatic carbocycles. The lowest BCUT2D eigenvalue weighted by Crippen LogP contribution is -2.43. The third-order valence-corrected chi connectivity index (χ3v) is 2.56. The van der Waals surface area contributed by atoms with Crippen LogP contribution in [0.25, 0.3) is 0 Å². The predicted molar refractivity (Wildman–Crippen MR) is 60.9 cm³/mol. The maximum atomic E-state index is 11.7. The Morgan fingerprint density at radius 1 is 1.38 bits per heavy atom. The Kier molecular flexibility index (Phi) is 3.51. The molecule has 0 saturated carbocycles. The van der Waals surface area contributed by atoms with Crippen molar-refractivity contribution >= 4 is 5.91 Å². The van der Waals surface area contributed by atoms with Crippen LogP contribution in [-0.4, -0.2) is 18.1 Å². The summed E-state index contributed by atoms with van der Waals surface area (Å²) in [5.41, 5.74) is 12.4. The summed E-state index contributed by atoms with van der Waals surface area (Å²) >= 11 is 0. The van der Waals surface area contributed by atoms with Gasteiger partial charge in [-0.3, -0.25) is 4.79 Å². The van der Waals surface area contributed by atoms with Gasteiger partial charge in [0.25, 0.3) is 0 Å². The topological polar surface area (TPSA) is 79.2 Å². The van der Waals surface area contributed by atoms with Crippen molar-refractivity contribution in [2.24, 2.45) is 5.73 Å². The molecule has 1 heterocycles. The smallest absolute Gasteiger partial charge is 0.238 e. The number of amides is 1. The first kappa shape index (κ1) is 11.1. The average Bonchev–Trinajstić information content (AvgIpc) is 2.74. The van der Waals surface area contributed by atoms with Crippen molar-refractivity contribution in [2.45, 2.75) is 25.2 Å². The molecule has 0 aromatic heterocycles. The Morgan fingerprint density at radius 2 is 2.12 bits per heavy atom. The normalized spacial score (nSPS) is 24.3. The molecule has 0 radical (unpaired) electrons. The van der Waals surface area contributed by atoms with Gasteiger partial charge in [-0.15, -0.1) is 0 Å². The first-order valence-corrected chi connectivity index (χ1v) is 5.34. The predicted octanol–water partition coefficient (Wildman–Crippen LogP) is -0.546. The van der Waals surface area contributed by atoms with Crippen LogP contribution in [-0.2, 0) is 11.3 Å². The van der Waals surface area contributed by atoms with Gasteiger partial charge in [0.15, 0.2) is 0 Å². The fraction of sp³-hybridized carbons (Fsp3) is 0.364. The second-order valence-corrected chi connectivity index (χ2v) is 3.89. The first-order valence-electron chi connectivity index (χ1n) is 5.34. The molecule has 5 heteroatoms. The average molecular weight is 220 g/mol. The van der Waals surface area contributed by atoms with E-state index in [4.69, 9.17) is 5.73 Å². The number of rotatable bonds is 3. The lowest BCUT2D eigenvalue weighted by Gasteiger charge is -2.10. The van der Waals surface area contributed by atoms with Gasteiger partial charge in [0, 0.05) is 13.0 Å². The van der Waals surface area contributed by atoms with Crippen LogP contribution in [0.5, 0.6) is 0 Å². The summed E-state index contributed by atoms with van der Waals surface area (Å²) in [6.45, 7) is 0.549. The quantitative estimate of drug-likeness (QED) is 0.551. The number of benzene rings is 1. The fourth-order valence-electron chi connectivity index (χ4n) is 1.66. The summed E-state index contributed by atoms with van der Waals surface area (Å²) in [7, 11) is 0. The number of carbonyl (C=O) groups is 1. The van der Waals surface area contributed by atoms with Gasteiger partial charge < -0.3 is 11.1 Å². The summed E-state index contributed by atoms with van der Waals surface area (Å²) in [4.78, 5) is 11.7. The SMILES string of the molecule is NC1CC(C(=O)NCc2ccccc2)NN1. The molecule has 1 fully saturated rings. The second kappa shape index (κ2) is 5.07. The van der Waals surface area contributed by atoms with Crippen molar-refractivity contribution in [3.05, 3.63) is 35.9 Å². The molecule has 86 valence electrons. The van der Waals surface area contributed by atoms with Crippen molar-refractivity contribution in [1.29, 1.82) is 0 Å². The summed E-state index contributed by atoms with van der Waals surface area (Å²) in [6.07, 6.45) is 0.466. The zero-order valence-corrected chi connectivity index (χ0v) is 8.94. The minimum atomic E-state index is -0.237. The van der Waals surface area contributed by atoms with E-state index in [-0.39, 0.29) is 18.1 Å². The van der Waals surface area contributed by atoms with E-state index < -0.39 is 0 Å². The van der Waals surface area contributed by atoms with Crippen LogP contribution in [0.3, 0.4) is 0 Å². The van der Waals surface area contributed by atoms with Gasteiger partial charge in [-0.1, -0.05) is 30.3 Å². The number of nitrogens with one attached hydrogen (secondary N) is 3. The highest BCUT2D eigenvalue weighted by atomic mass is 16.2. The minimum Gasteiger partial charge on any atom is -0.351 e. The van der Waals surface area contributed by atoms with Crippen LogP contribution in [0.2, 0.25) is 0 Å². The number of hydrogen-bond acceptors (Lipinski definition) is 4. The second-order valence-electron chi connectivity index (χ2n) is 3.89. The van der Waals surface area contributed by atoms with Gasteiger partial charge in [0.2, 0.25) is 5.91 Å². The molecule has 1 aromatic carbocycles. The van der Waals surface area contributed by atoms with E-state index in [2.05, 4.69) is 16.2 Å². The van der Waals surface area contributed by atoms with Crippen molar-refractivity contribution in [3.63, 3.8) is 0 Å². The number of hydrogen-bond donors (Lipinski definition) is 4. The summed E-state index contributed by atoms with van der Waals surface area (Å²) in [5, 5.41) is 2.86. The maximum absolute atomic E-state index is 11.7. The van der Waals surface area contributed by atoms with Crippen molar-refractivity contribution in [2.75, 3.05) is 0 Å². The van der Waals surface area contributed by atoms with E-state index >= 15 is 0 Å². The minimum absolute atomic E-state index is 0.0238. The highest BCUT2D eigenvalue weighted by molar-refractivity contribution is 5.81. The van der Waals surface area contributed by atoms with E-state index in [0.29, 0.717) is 13.0 Å². The van der Waals surface area contributed by atoms with Gasteiger partial charge in [-0.05, 0) is 5.56 Å². The van der Waals surface area contributed by atoms with Crippen molar-refractivity contribution < 1.29 is 4.79 Å². The zero-order chi connectivity index (χ0) is 11.4. The Balaban J connectivity index is 1.80. The highest BCUT2D eigenvalue weighted by Gasteiger charge is 2.26. The molecule has 1 aliphatic rings. The van der Waals surface area contributed by atoms with Gasteiger partial charge in [0.1, 0.15) is 6.04 Å². The molecule has 2 rings (SSSR count). The maximum Gasteiger partial charge on any atom is 0.238 e. The highest BCUT2D eigenvalue weighted by Crippen LogP contribution is 2.02. The third-order valence-electron chi connectivity index (χ3n) is 2.56. The Hall–Kier alpha value is -1.43. The standard InChI is InChI=1S/C11H16N4O/c12-10-6-9(14-15-10)11(16)13-7-8-4-2-1-3-5-8/h1-5,9-10,14-15H,6-7,12H2,(H,13,16). The third kappa shape index (κ3) is 2.79. The molecule has 5 N–H and O–H groups in total. The lowest BCUT2D eigenvalue weighted by atomic mass is 10.2. The Morgan fingerprint density at radius 3 is 2.75 bits per heavy atom. The van der Waals surface area contributed by atoms with Crippen LogP contribution < -0.4 is 21.9 Å². The fourth-order valence-corrected chi connectivity index (χ4v) is 1.66. The van der Waals surface area contributed by atoms with E-state index in [1.165, 1.54) is 0 Å². The molecule has 0 spiro atoms. The van der Waals surface area contributed by atoms with Crippen LogP contribution in [0, 0.1) is 0 Å². The molecule has 16 heavy (non-hydrogen) atoms. The molecule has 1 aliphatic heterocycles. The van der Waals surface area contributed by atoms with Crippen LogP contribution in [0.15, 0.2) is 30.3 Å². The van der Waals surface area contributed by atoms with Gasteiger partial charge in [-0.2, -0.15) is 0 Å².